The second-order valence-corrected chi connectivity index (χ2v) is 5.13. The first-order chi connectivity index (χ1) is 8.61. The number of carbonyl (C=O) groups excluding carboxylic acids is 1. The molecule has 1 fully saturated rings. The van der Waals surface area contributed by atoms with Gasteiger partial charge >= 0.3 is 0 Å². The van der Waals surface area contributed by atoms with E-state index in [2.05, 4.69) is 6.07 Å². The summed E-state index contributed by atoms with van der Waals surface area (Å²) >= 11 is 0. The highest BCUT2D eigenvalue weighted by Gasteiger charge is 2.25. The summed E-state index contributed by atoms with van der Waals surface area (Å²) in [6, 6.07) is 6.13. The van der Waals surface area contributed by atoms with Crippen LogP contribution in [0.15, 0.2) is 18.2 Å². The van der Waals surface area contributed by atoms with Gasteiger partial charge in [0, 0.05) is 18.9 Å². The summed E-state index contributed by atoms with van der Waals surface area (Å²) in [6.07, 6.45) is 3.22. The molecule has 1 saturated carbocycles. The van der Waals surface area contributed by atoms with Crippen LogP contribution in [0.5, 0.6) is 5.75 Å². The highest BCUT2D eigenvalue weighted by atomic mass is 16.5. The van der Waals surface area contributed by atoms with Crippen molar-refractivity contribution in [2.45, 2.75) is 38.6 Å². The maximum atomic E-state index is 11.2. The van der Waals surface area contributed by atoms with E-state index in [0.717, 1.165) is 29.7 Å². The minimum absolute atomic E-state index is 0.0303. The topological polar surface area (TPSA) is 52.3 Å². The lowest BCUT2D eigenvalue weighted by atomic mass is 9.81. The molecular formula is C15H21NO2. The molecule has 0 radical (unpaired) electrons. The molecule has 2 rings (SSSR count). The molecule has 0 amide bonds. The van der Waals surface area contributed by atoms with E-state index in [1.165, 1.54) is 0 Å². The van der Waals surface area contributed by atoms with Gasteiger partial charge in [-0.3, -0.25) is 4.79 Å². The number of benzene rings is 1. The van der Waals surface area contributed by atoms with Crippen LogP contribution < -0.4 is 10.5 Å². The summed E-state index contributed by atoms with van der Waals surface area (Å²) in [6.45, 7) is 2.03. The SMILES string of the molecule is COc1ccc(C(N)C2CCC(=O)CC2)cc1C. The van der Waals surface area contributed by atoms with Gasteiger partial charge < -0.3 is 10.5 Å². The van der Waals surface area contributed by atoms with Gasteiger partial charge in [0.2, 0.25) is 0 Å². The van der Waals surface area contributed by atoms with Crippen molar-refractivity contribution in [1.29, 1.82) is 0 Å². The average molecular weight is 247 g/mol. The number of hydrogen-bond donors (Lipinski definition) is 1. The Morgan fingerprint density at radius 3 is 2.56 bits per heavy atom. The van der Waals surface area contributed by atoms with Crippen molar-refractivity contribution in [3.8, 4) is 5.75 Å². The highest BCUT2D eigenvalue weighted by molar-refractivity contribution is 5.79. The Morgan fingerprint density at radius 2 is 2.00 bits per heavy atom. The summed E-state index contributed by atoms with van der Waals surface area (Å²) in [5.41, 5.74) is 8.58. The predicted molar refractivity (Wildman–Crippen MR) is 71.6 cm³/mol. The third kappa shape index (κ3) is 2.72. The fraction of sp³-hybridized carbons (Fsp3) is 0.533. The van der Waals surface area contributed by atoms with Crippen molar-refractivity contribution >= 4 is 5.78 Å². The summed E-state index contributed by atoms with van der Waals surface area (Å²) in [4.78, 5) is 11.2. The Bertz CT molecular complexity index is 432. The monoisotopic (exact) mass is 247 g/mol. The second-order valence-electron chi connectivity index (χ2n) is 5.13. The summed E-state index contributed by atoms with van der Waals surface area (Å²) in [5.74, 6) is 1.70. The molecule has 18 heavy (non-hydrogen) atoms. The van der Waals surface area contributed by atoms with E-state index in [1.807, 2.05) is 19.1 Å². The first kappa shape index (κ1) is 13.1. The normalized spacial score (nSPS) is 18.7. The summed E-state index contributed by atoms with van der Waals surface area (Å²) in [5, 5.41) is 0. The second kappa shape index (κ2) is 5.53. The van der Waals surface area contributed by atoms with Gasteiger partial charge in [-0.1, -0.05) is 12.1 Å². The lowest BCUT2D eigenvalue weighted by molar-refractivity contribution is -0.121. The Balaban J connectivity index is 2.11. The largest absolute Gasteiger partial charge is 0.496 e. The highest BCUT2D eigenvalue weighted by Crippen LogP contribution is 2.33. The molecule has 0 heterocycles. The Hall–Kier alpha value is -1.35. The van der Waals surface area contributed by atoms with E-state index in [4.69, 9.17) is 10.5 Å². The van der Waals surface area contributed by atoms with Gasteiger partial charge in [-0.25, -0.2) is 0 Å². The van der Waals surface area contributed by atoms with Crippen LogP contribution in [0.3, 0.4) is 0 Å². The minimum Gasteiger partial charge on any atom is -0.496 e. The molecule has 1 atom stereocenters. The Labute approximate surface area is 108 Å². The zero-order chi connectivity index (χ0) is 13.1. The number of ether oxygens (including phenoxy) is 1. The molecule has 0 aliphatic heterocycles. The van der Waals surface area contributed by atoms with Crippen LogP contribution in [0.2, 0.25) is 0 Å². The minimum atomic E-state index is 0.0303. The van der Waals surface area contributed by atoms with Gasteiger partial charge in [-0.2, -0.15) is 0 Å². The zero-order valence-electron chi connectivity index (χ0n) is 11.1. The number of nitrogens with two attached hydrogens (primary N) is 1. The van der Waals surface area contributed by atoms with Gasteiger partial charge in [0.05, 0.1) is 7.11 Å². The van der Waals surface area contributed by atoms with E-state index in [1.54, 1.807) is 7.11 Å². The van der Waals surface area contributed by atoms with E-state index in [9.17, 15) is 4.79 Å². The molecule has 1 aromatic rings. The molecule has 3 nitrogen and oxygen atoms in total. The molecule has 1 aromatic carbocycles. The van der Waals surface area contributed by atoms with Crippen LogP contribution in [0.25, 0.3) is 0 Å². The fourth-order valence-electron chi connectivity index (χ4n) is 2.70. The molecule has 2 N–H and O–H groups in total. The zero-order valence-corrected chi connectivity index (χ0v) is 11.1. The van der Waals surface area contributed by atoms with Crippen LogP contribution in [0, 0.1) is 12.8 Å². The Morgan fingerprint density at radius 1 is 1.33 bits per heavy atom. The maximum Gasteiger partial charge on any atom is 0.132 e. The number of Topliss-reactive ketones (excluding diaryl/α,β-unsaturated/α-hetero) is 1. The van der Waals surface area contributed by atoms with Crippen molar-refractivity contribution < 1.29 is 9.53 Å². The first-order valence-electron chi connectivity index (χ1n) is 6.53. The van der Waals surface area contributed by atoms with Crippen LogP contribution >= 0.6 is 0 Å². The third-order valence-electron chi connectivity index (χ3n) is 3.90. The van der Waals surface area contributed by atoms with Crippen molar-refractivity contribution in [2.75, 3.05) is 7.11 Å². The van der Waals surface area contributed by atoms with Crippen molar-refractivity contribution in [2.24, 2.45) is 11.7 Å². The van der Waals surface area contributed by atoms with E-state index < -0.39 is 0 Å². The van der Waals surface area contributed by atoms with Gasteiger partial charge in [-0.05, 0) is 42.9 Å². The number of rotatable bonds is 3. The quantitative estimate of drug-likeness (QED) is 0.893. The van der Waals surface area contributed by atoms with Gasteiger partial charge in [-0.15, -0.1) is 0 Å². The van der Waals surface area contributed by atoms with Gasteiger partial charge in [0.15, 0.2) is 0 Å². The van der Waals surface area contributed by atoms with Crippen molar-refractivity contribution in [3.05, 3.63) is 29.3 Å². The molecule has 0 bridgehead atoms. The third-order valence-corrected chi connectivity index (χ3v) is 3.90. The molecule has 0 saturated heterocycles. The Kier molecular flexibility index (Phi) is 4.02. The van der Waals surface area contributed by atoms with Crippen molar-refractivity contribution in [3.63, 3.8) is 0 Å². The lowest BCUT2D eigenvalue weighted by Crippen LogP contribution is -2.26. The number of methoxy groups -OCH3 is 1. The number of hydrogen-bond acceptors (Lipinski definition) is 3. The standard InChI is InChI=1S/C15H21NO2/c1-10-9-12(5-8-14(10)18-2)15(16)11-3-6-13(17)7-4-11/h5,8-9,11,15H,3-4,6-7,16H2,1-2H3. The number of aryl methyl sites for hydroxylation is 1. The molecule has 0 spiro atoms. The van der Waals surface area contributed by atoms with Gasteiger partial charge in [0.1, 0.15) is 11.5 Å². The average Bonchev–Trinajstić information content (AvgIpc) is 2.38. The predicted octanol–water partition coefficient (Wildman–Crippen LogP) is 2.76. The van der Waals surface area contributed by atoms with E-state index in [-0.39, 0.29) is 6.04 Å². The molecule has 1 aliphatic carbocycles. The summed E-state index contributed by atoms with van der Waals surface area (Å²) < 4.78 is 5.25. The summed E-state index contributed by atoms with van der Waals surface area (Å²) in [7, 11) is 1.68. The first-order valence-corrected chi connectivity index (χ1v) is 6.53. The van der Waals surface area contributed by atoms with E-state index >= 15 is 0 Å². The van der Waals surface area contributed by atoms with Crippen LogP contribution in [0.4, 0.5) is 0 Å². The number of ketones is 1. The fourth-order valence-corrected chi connectivity index (χ4v) is 2.70. The van der Waals surface area contributed by atoms with Gasteiger partial charge in [0.25, 0.3) is 0 Å². The molecule has 3 heteroatoms. The lowest BCUT2D eigenvalue weighted by Gasteiger charge is -2.27. The van der Waals surface area contributed by atoms with Crippen LogP contribution in [-0.2, 0) is 4.79 Å². The maximum absolute atomic E-state index is 11.2. The van der Waals surface area contributed by atoms with Crippen LogP contribution in [-0.4, -0.2) is 12.9 Å². The molecule has 0 aromatic heterocycles. The van der Waals surface area contributed by atoms with Crippen molar-refractivity contribution in [1.82, 2.24) is 0 Å². The number of carbonyl (C=O) groups is 1. The smallest absolute Gasteiger partial charge is 0.132 e. The molecule has 98 valence electrons. The van der Waals surface area contributed by atoms with Crippen LogP contribution in [0.1, 0.15) is 42.9 Å². The molecule has 1 aliphatic rings. The molecular weight excluding hydrogens is 226 g/mol. The van der Waals surface area contributed by atoms with E-state index in [0.29, 0.717) is 24.5 Å². The molecule has 1 unspecified atom stereocenters.